The molecule has 3 heterocycles. The molecule has 0 aliphatic carbocycles. The third-order valence-electron chi connectivity index (χ3n) is 7.39. The number of hydrogen-bond donors (Lipinski definition) is 11. The predicted molar refractivity (Wildman–Crippen MR) is 183 cm³/mol. The molecular weight excluding hydrogens is 651 g/mol. The number of nitrogen functional groups attached to an aromatic ring is 4. The molecule has 2 amide bonds. The zero-order chi connectivity index (χ0) is 34.3. The zero-order valence-electron chi connectivity index (χ0n) is 26.1. The van der Waals surface area contributed by atoms with Crippen LogP contribution in [-0.4, -0.2) is 94.4 Å². The largest absolute Gasteiger partial charge is 0.382 e. The van der Waals surface area contributed by atoms with E-state index in [0.29, 0.717) is 19.0 Å². The van der Waals surface area contributed by atoms with Crippen LogP contribution in [0.1, 0.15) is 65.9 Å². The quantitative estimate of drug-likeness (QED) is 0.0681. The molecule has 0 atom stereocenters. The van der Waals surface area contributed by atoms with Gasteiger partial charge in [-0.15, -0.1) is 0 Å². The molecule has 258 valence electrons. The first-order valence-corrected chi connectivity index (χ1v) is 16.1. The molecule has 0 spiro atoms. The van der Waals surface area contributed by atoms with Crippen molar-refractivity contribution in [2.24, 2.45) is 5.92 Å². The number of piperidine rings is 1. The summed E-state index contributed by atoms with van der Waals surface area (Å²) in [7, 11) is 0. The first-order chi connectivity index (χ1) is 22.4. The highest BCUT2D eigenvalue weighted by Crippen LogP contribution is 2.19. The summed E-state index contributed by atoms with van der Waals surface area (Å²) in [6.07, 6.45) is 7.01. The van der Waals surface area contributed by atoms with Gasteiger partial charge in [0, 0.05) is 13.1 Å². The van der Waals surface area contributed by atoms with E-state index in [2.05, 4.69) is 51.4 Å². The Morgan fingerprint density at radius 2 is 1.17 bits per heavy atom. The highest BCUT2D eigenvalue weighted by molar-refractivity contribution is 6.32. The van der Waals surface area contributed by atoms with E-state index in [1.54, 1.807) is 0 Å². The minimum atomic E-state index is -0.692. The summed E-state index contributed by atoms with van der Waals surface area (Å²) >= 11 is 11.6. The fourth-order valence-corrected chi connectivity index (χ4v) is 5.06. The second kappa shape index (κ2) is 18.8. The number of carbonyl (C=O) groups is 2. The number of aromatic nitrogens is 4. The topological polar surface area (TPSA) is 301 Å². The van der Waals surface area contributed by atoms with E-state index < -0.39 is 11.8 Å². The number of hydrogen-bond acceptors (Lipinski definition) is 14. The molecule has 20 heteroatoms. The van der Waals surface area contributed by atoms with Gasteiger partial charge in [0.15, 0.2) is 56.9 Å². The molecule has 0 aromatic carbocycles. The Kier molecular flexibility index (Phi) is 14.9. The van der Waals surface area contributed by atoms with Crippen LogP contribution >= 0.6 is 23.2 Å². The maximum Gasteiger partial charge on any atom is 0.280 e. The number of nitrogens with two attached hydrogens (primary N) is 4. The van der Waals surface area contributed by atoms with Gasteiger partial charge in [-0.2, -0.15) is 0 Å². The lowest BCUT2D eigenvalue weighted by atomic mass is 9.96. The molecule has 0 saturated carbocycles. The van der Waals surface area contributed by atoms with E-state index in [1.165, 1.54) is 0 Å². The summed E-state index contributed by atoms with van der Waals surface area (Å²) in [5.74, 6) is -1.49. The van der Waals surface area contributed by atoms with Crippen LogP contribution in [0.15, 0.2) is 0 Å². The summed E-state index contributed by atoms with van der Waals surface area (Å²) in [6, 6.07) is 0. The second-order valence-corrected chi connectivity index (χ2v) is 11.8. The van der Waals surface area contributed by atoms with Gasteiger partial charge in [0.2, 0.25) is 0 Å². The molecular formula is C27H44Cl2N16O2. The van der Waals surface area contributed by atoms with Crippen LogP contribution < -0.4 is 49.5 Å². The Morgan fingerprint density at radius 1 is 0.702 bits per heavy atom. The Balaban J connectivity index is 1.14. The summed E-state index contributed by atoms with van der Waals surface area (Å²) < 4.78 is 0. The van der Waals surface area contributed by atoms with E-state index in [0.717, 1.165) is 77.7 Å². The number of nitrogens with zero attached hydrogens (tertiary/aromatic N) is 5. The molecule has 18 nitrogen and oxygen atoms in total. The van der Waals surface area contributed by atoms with Gasteiger partial charge < -0.3 is 43.8 Å². The first kappa shape index (κ1) is 37.2. The van der Waals surface area contributed by atoms with Crippen LogP contribution in [-0.2, 0) is 0 Å². The van der Waals surface area contributed by atoms with Crippen LogP contribution in [0, 0.1) is 16.7 Å². The molecule has 2 aromatic rings. The van der Waals surface area contributed by atoms with Crippen molar-refractivity contribution in [3.63, 3.8) is 0 Å². The molecule has 1 aliphatic heterocycles. The smallest absolute Gasteiger partial charge is 0.280 e. The summed E-state index contributed by atoms with van der Waals surface area (Å²) in [5.41, 5.74) is 22.0. The number of rotatable bonds is 15. The number of unbranched alkanes of at least 4 members (excludes halogenated alkanes) is 3. The van der Waals surface area contributed by atoms with Crippen molar-refractivity contribution in [1.82, 2.24) is 51.4 Å². The second-order valence-electron chi connectivity index (χ2n) is 11.0. The van der Waals surface area contributed by atoms with Crippen molar-refractivity contribution in [2.75, 3.05) is 68.7 Å². The fraction of sp³-hybridized carbons (Fsp3) is 0.556. The number of likely N-dealkylation sites (tertiary alicyclic amines) is 1. The Labute approximate surface area is 282 Å². The Hall–Kier alpha value is -4.26. The van der Waals surface area contributed by atoms with E-state index in [9.17, 15) is 9.59 Å². The minimum absolute atomic E-state index is 0.0677. The SMILES string of the molecule is N=C(NCCCCCN1CCC(CNCCCCNC(=N)NC(=O)c2nc(Cl)c(N)nc2N)CC1)NC(=O)c1nc(Cl)c(N)nc1N. The lowest BCUT2D eigenvalue weighted by Gasteiger charge is -2.32. The Bertz CT molecular complexity index is 1400. The van der Waals surface area contributed by atoms with Crippen LogP contribution in [0.2, 0.25) is 10.3 Å². The first-order valence-electron chi connectivity index (χ1n) is 15.3. The van der Waals surface area contributed by atoms with Gasteiger partial charge in [-0.3, -0.25) is 31.0 Å². The van der Waals surface area contributed by atoms with E-state index >= 15 is 0 Å². The number of anilines is 4. The minimum Gasteiger partial charge on any atom is -0.382 e. The van der Waals surface area contributed by atoms with Gasteiger partial charge in [-0.1, -0.05) is 29.6 Å². The summed E-state index contributed by atoms with van der Waals surface area (Å²) in [6.45, 7) is 6.16. The van der Waals surface area contributed by atoms with Crippen molar-refractivity contribution < 1.29 is 9.59 Å². The van der Waals surface area contributed by atoms with Gasteiger partial charge in [0.05, 0.1) is 0 Å². The monoisotopic (exact) mass is 694 g/mol. The third kappa shape index (κ3) is 12.5. The Morgan fingerprint density at radius 3 is 1.68 bits per heavy atom. The number of halogens is 2. The van der Waals surface area contributed by atoms with Crippen LogP contribution in [0.25, 0.3) is 0 Å². The van der Waals surface area contributed by atoms with Crippen molar-refractivity contribution in [1.29, 1.82) is 10.8 Å². The van der Waals surface area contributed by atoms with Gasteiger partial charge in [0.1, 0.15) is 0 Å². The van der Waals surface area contributed by atoms with Gasteiger partial charge in [-0.25, -0.2) is 19.9 Å². The number of amides is 2. The summed E-state index contributed by atoms with van der Waals surface area (Å²) in [4.78, 5) is 42.2. The third-order valence-corrected chi connectivity index (χ3v) is 7.95. The number of guanidine groups is 2. The van der Waals surface area contributed by atoms with Crippen LogP contribution in [0.5, 0.6) is 0 Å². The molecule has 0 radical (unpaired) electrons. The molecule has 2 aromatic heterocycles. The average molecular weight is 696 g/mol. The van der Waals surface area contributed by atoms with E-state index in [1.807, 2.05) is 0 Å². The molecule has 1 aliphatic rings. The highest BCUT2D eigenvalue weighted by atomic mass is 35.5. The van der Waals surface area contributed by atoms with E-state index in [4.69, 9.17) is 57.0 Å². The van der Waals surface area contributed by atoms with Gasteiger partial charge in [0.25, 0.3) is 11.8 Å². The van der Waals surface area contributed by atoms with Crippen molar-refractivity contribution >= 4 is 70.2 Å². The molecule has 3 rings (SSSR count). The summed E-state index contributed by atoms with van der Waals surface area (Å²) in [5, 5.41) is 29.6. The highest BCUT2D eigenvalue weighted by Gasteiger charge is 2.20. The lowest BCUT2D eigenvalue weighted by Crippen LogP contribution is -2.41. The number of nitrogens with one attached hydrogen (secondary N) is 7. The number of carbonyl (C=O) groups excluding carboxylic acids is 2. The molecule has 1 saturated heterocycles. The molecule has 0 bridgehead atoms. The zero-order valence-corrected chi connectivity index (χ0v) is 27.6. The molecule has 0 unspecified atom stereocenters. The molecule has 15 N–H and O–H groups in total. The predicted octanol–water partition coefficient (Wildman–Crippen LogP) is 0.363. The van der Waals surface area contributed by atoms with Crippen LogP contribution in [0.3, 0.4) is 0 Å². The average Bonchev–Trinajstić information content (AvgIpc) is 3.02. The van der Waals surface area contributed by atoms with Crippen LogP contribution in [0.4, 0.5) is 23.3 Å². The van der Waals surface area contributed by atoms with Crippen molar-refractivity contribution in [3.8, 4) is 0 Å². The van der Waals surface area contributed by atoms with Crippen molar-refractivity contribution in [3.05, 3.63) is 21.7 Å². The fourth-order valence-electron chi connectivity index (χ4n) is 4.81. The maximum atomic E-state index is 12.3. The normalized spacial score (nSPS) is 13.6. The maximum absolute atomic E-state index is 12.3. The van der Waals surface area contributed by atoms with E-state index in [-0.39, 0.29) is 56.9 Å². The molecule has 47 heavy (non-hydrogen) atoms. The van der Waals surface area contributed by atoms with Crippen molar-refractivity contribution in [2.45, 2.75) is 44.9 Å². The standard InChI is InChI=1S/C27H44Cl2N16O2/c28-18-22(32)41-20(30)16(39-18)24(46)43-26(34)37-9-2-1-5-11-45-12-6-15(7-13-45)14-36-8-3-4-10-38-27(35)44-25(47)17-21(31)42-23(33)19(29)40-17/h15,36H,1-14H2,(H4,30,32,41)(H4,31,33,42)(H3,34,37,43,46)(H3,35,38,44,47). The van der Waals surface area contributed by atoms with Gasteiger partial charge >= 0.3 is 0 Å². The lowest BCUT2D eigenvalue weighted by molar-refractivity contribution is 0.0963. The molecule has 1 fully saturated rings. The van der Waals surface area contributed by atoms with Gasteiger partial charge in [-0.05, 0) is 77.2 Å².